The molecule has 0 spiro atoms. The molecule has 2 atom stereocenters. The van der Waals surface area contributed by atoms with Crippen LogP contribution in [-0.2, 0) is 22.6 Å². The number of rotatable bonds is 13. The number of ether oxygens (including phenoxy) is 2. The number of nitrogens with zero attached hydrogens (tertiary/aromatic N) is 2. The minimum atomic E-state index is -1.04. The van der Waals surface area contributed by atoms with E-state index < -0.39 is 12.0 Å². The Morgan fingerprint density at radius 2 is 1.83 bits per heavy atom. The Morgan fingerprint density at radius 3 is 2.54 bits per heavy atom. The maximum Gasteiger partial charge on any atom is 0.320 e. The fraction of sp³-hybridized carbons (Fsp3) is 0.294. The number of hydrogen-bond acceptors (Lipinski definition) is 8. The van der Waals surface area contributed by atoms with Crippen LogP contribution in [0.15, 0.2) is 60.8 Å². The number of aryl methyl sites for hydroxylation is 1. The number of carboxylic acids is 1. The van der Waals surface area contributed by atoms with Crippen molar-refractivity contribution in [1.29, 1.82) is 0 Å². The highest BCUT2D eigenvalue weighted by Crippen LogP contribution is 2.42. The fourth-order valence-corrected chi connectivity index (χ4v) is 6.11. The summed E-state index contributed by atoms with van der Waals surface area (Å²) < 4.78 is 11.2. The number of nitrogens with two attached hydrogens (primary N) is 1. The highest BCUT2D eigenvalue weighted by atomic mass is 35.5. The lowest BCUT2D eigenvalue weighted by atomic mass is 9.98. The molecular weight excluding hydrogens is 629 g/mol. The van der Waals surface area contributed by atoms with Gasteiger partial charge in [0.25, 0.3) is 0 Å². The van der Waals surface area contributed by atoms with E-state index in [1.165, 1.54) is 0 Å². The van der Waals surface area contributed by atoms with Crippen LogP contribution in [0.4, 0.5) is 0 Å². The molecule has 3 heterocycles. The van der Waals surface area contributed by atoms with E-state index in [4.69, 9.17) is 48.5 Å². The van der Waals surface area contributed by atoms with Crippen LogP contribution >= 0.6 is 23.2 Å². The lowest BCUT2D eigenvalue weighted by Crippen LogP contribution is -2.35. The largest absolute Gasteiger partial charge is 0.496 e. The molecule has 240 valence electrons. The van der Waals surface area contributed by atoms with Crippen LogP contribution in [0, 0.1) is 0 Å². The summed E-state index contributed by atoms with van der Waals surface area (Å²) in [6.07, 6.45) is 3.77. The van der Waals surface area contributed by atoms with Gasteiger partial charge in [-0.25, -0.2) is 4.98 Å². The van der Waals surface area contributed by atoms with Crippen LogP contribution in [0.1, 0.15) is 30.4 Å². The van der Waals surface area contributed by atoms with Crippen molar-refractivity contribution in [3.05, 3.63) is 82.0 Å². The molecule has 12 heteroatoms. The monoisotopic (exact) mass is 663 g/mol. The predicted molar refractivity (Wildman–Crippen MR) is 178 cm³/mol. The number of halogens is 2. The maximum absolute atomic E-state index is 11.5. The van der Waals surface area contributed by atoms with Crippen molar-refractivity contribution in [3.63, 3.8) is 0 Å². The van der Waals surface area contributed by atoms with Crippen molar-refractivity contribution in [1.82, 2.24) is 20.6 Å². The van der Waals surface area contributed by atoms with E-state index in [0.717, 1.165) is 23.1 Å². The molecule has 2 aromatic carbocycles. The van der Waals surface area contributed by atoms with Crippen molar-refractivity contribution in [2.75, 3.05) is 20.8 Å². The van der Waals surface area contributed by atoms with E-state index >= 15 is 0 Å². The number of aromatic nitrogens is 2. The molecule has 1 amide bonds. The van der Waals surface area contributed by atoms with E-state index in [9.17, 15) is 9.59 Å². The zero-order valence-corrected chi connectivity index (χ0v) is 27.0. The number of benzene rings is 2. The number of aliphatic carboxylic acids is 1. The smallest absolute Gasteiger partial charge is 0.320 e. The number of hydrogen-bond donors (Lipinski definition) is 4. The molecule has 5 N–H and O–H groups in total. The zero-order chi connectivity index (χ0) is 32.8. The third kappa shape index (κ3) is 7.42. The quantitative estimate of drug-likeness (QED) is 0.145. The van der Waals surface area contributed by atoms with Crippen LogP contribution in [0.5, 0.6) is 11.6 Å². The molecule has 1 aliphatic heterocycles. The fourth-order valence-electron chi connectivity index (χ4n) is 5.47. The van der Waals surface area contributed by atoms with E-state index in [2.05, 4.69) is 15.6 Å². The number of amides is 1. The van der Waals surface area contributed by atoms with E-state index in [-0.39, 0.29) is 18.4 Å². The lowest BCUT2D eigenvalue weighted by molar-refractivity contribution is -0.138. The second-order valence-corrected chi connectivity index (χ2v) is 11.8. The molecule has 1 saturated heterocycles. The average molecular weight is 665 g/mol. The van der Waals surface area contributed by atoms with Gasteiger partial charge in [-0.05, 0) is 43.0 Å². The molecule has 0 aliphatic carbocycles. The molecule has 2 aromatic heterocycles. The average Bonchev–Trinajstić information content (AvgIpc) is 3.48. The summed E-state index contributed by atoms with van der Waals surface area (Å²) in [6.45, 7) is 1.20. The molecule has 0 bridgehead atoms. The number of carbonyl (C=O) groups is 2. The van der Waals surface area contributed by atoms with E-state index in [1.54, 1.807) is 20.4 Å². The Balaban J connectivity index is 1.39. The molecule has 1 fully saturated rings. The highest BCUT2D eigenvalue weighted by molar-refractivity contribution is 6.39. The summed E-state index contributed by atoms with van der Waals surface area (Å²) in [5.74, 6) is 0.111. The summed E-state index contributed by atoms with van der Waals surface area (Å²) in [7, 11) is 3.13. The Bertz CT molecular complexity index is 1750. The van der Waals surface area contributed by atoms with Crippen molar-refractivity contribution < 1.29 is 24.2 Å². The first-order valence-corrected chi connectivity index (χ1v) is 15.6. The van der Waals surface area contributed by atoms with Gasteiger partial charge in [-0.1, -0.05) is 59.6 Å². The molecule has 10 nitrogen and oxygen atoms in total. The van der Waals surface area contributed by atoms with Gasteiger partial charge in [0.2, 0.25) is 11.8 Å². The Morgan fingerprint density at radius 1 is 1.07 bits per heavy atom. The minimum absolute atomic E-state index is 0.0883. The summed E-state index contributed by atoms with van der Waals surface area (Å²) in [5, 5.41) is 16.3. The molecular formula is C34H35Cl2N5O5. The molecule has 4 aromatic rings. The number of carbonyl (C=O) groups excluding carboxylic acids is 1. The second-order valence-electron chi connectivity index (χ2n) is 11.0. The molecule has 1 unspecified atom stereocenters. The third-order valence-electron chi connectivity index (χ3n) is 7.98. The minimum Gasteiger partial charge on any atom is -0.496 e. The summed E-state index contributed by atoms with van der Waals surface area (Å²) in [6, 6.07) is 16.1. The number of pyridine rings is 2. The van der Waals surface area contributed by atoms with Crippen molar-refractivity contribution in [2.24, 2.45) is 5.73 Å². The summed E-state index contributed by atoms with van der Waals surface area (Å²) in [5.41, 5.74) is 11.4. The molecule has 0 radical (unpaired) electrons. The van der Waals surface area contributed by atoms with Gasteiger partial charge in [-0.3, -0.25) is 14.6 Å². The first-order valence-electron chi connectivity index (χ1n) is 14.8. The molecule has 0 saturated carbocycles. The van der Waals surface area contributed by atoms with Crippen LogP contribution in [-0.4, -0.2) is 59.8 Å². The summed E-state index contributed by atoms with van der Waals surface area (Å²) in [4.78, 5) is 31.9. The van der Waals surface area contributed by atoms with E-state index in [0.29, 0.717) is 75.7 Å². The van der Waals surface area contributed by atoms with Crippen LogP contribution in [0.25, 0.3) is 33.6 Å². The summed E-state index contributed by atoms with van der Waals surface area (Å²) >= 11 is 14.0. The molecule has 46 heavy (non-hydrogen) atoms. The maximum atomic E-state index is 11.5. The normalized spacial score (nSPS) is 15.0. The lowest BCUT2D eigenvalue weighted by Gasteiger charge is -2.16. The Hall–Kier alpha value is -4.22. The SMILES string of the molecule is COc1cc(-c2nccc(-c3cccc(-c4ccc(CNCC5CCC(=O)N5)c(OC)n4)c3Cl)c2Cl)ccc1CC[C@@H](N)C(=O)O. The standard InChI is InChI=1S/C34H35Cl2N5O5/c1-45-28-16-20(7-6-19(28)8-11-26(37)34(43)44)32-31(36)24(14-15-39-32)23-4-3-5-25(30(23)35)27-12-9-21(33(41-27)46-2)17-38-18-22-10-13-29(42)40-22/h3-7,9,12,14-16,22,26,38H,8,10-11,13,17-18,37H2,1-2H3,(H,40,42)(H,43,44)/t22?,26-/m1/s1. The first-order chi connectivity index (χ1) is 22.2. The second kappa shape index (κ2) is 14.9. The number of carboxylic acid groups (broad SMARTS) is 1. The van der Waals surface area contributed by atoms with Gasteiger partial charge in [0.15, 0.2) is 0 Å². The van der Waals surface area contributed by atoms with Gasteiger partial charge in [-0.15, -0.1) is 0 Å². The van der Waals surface area contributed by atoms with Gasteiger partial charge in [0.1, 0.15) is 11.8 Å². The van der Waals surface area contributed by atoms with Gasteiger partial charge < -0.3 is 30.9 Å². The molecule has 1 aliphatic rings. The number of methoxy groups -OCH3 is 2. The van der Waals surface area contributed by atoms with Crippen LogP contribution < -0.4 is 25.8 Å². The first kappa shape index (κ1) is 33.2. The van der Waals surface area contributed by atoms with E-state index in [1.807, 2.05) is 54.6 Å². The Labute approximate surface area is 277 Å². The van der Waals surface area contributed by atoms with Gasteiger partial charge in [0, 0.05) is 59.6 Å². The zero-order valence-electron chi connectivity index (χ0n) is 25.5. The van der Waals surface area contributed by atoms with Gasteiger partial charge >= 0.3 is 5.97 Å². The van der Waals surface area contributed by atoms with Crippen LogP contribution in [0.2, 0.25) is 10.0 Å². The van der Waals surface area contributed by atoms with Crippen molar-refractivity contribution in [2.45, 2.75) is 44.3 Å². The van der Waals surface area contributed by atoms with Gasteiger partial charge in [0.05, 0.1) is 35.7 Å². The van der Waals surface area contributed by atoms with Crippen molar-refractivity contribution in [3.8, 4) is 45.3 Å². The highest BCUT2D eigenvalue weighted by Gasteiger charge is 2.21. The number of nitrogens with one attached hydrogen (secondary N) is 2. The molecule has 5 rings (SSSR count). The van der Waals surface area contributed by atoms with Crippen molar-refractivity contribution >= 4 is 35.1 Å². The topological polar surface area (TPSA) is 149 Å². The van der Waals surface area contributed by atoms with Gasteiger partial charge in [-0.2, -0.15) is 0 Å². The Kier molecular flexibility index (Phi) is 10.7. The van der Waals surface area contributed by atoms with Crippen LogP contribution in [0.3, 0.4) is 0 Å². The third-order valence-corrected chi connectivity index (χ3v) is 8.77. The predicted octanol–water partition coefficient (Wildman–Crippen LogP) is 5.51.